The van der Waals surface area contributed by atoms with Crippen LogP contribution in [0, 0.1) is 10.1 Å². The maximum Gasteiger partial charge on any atom is 0.269 e. The van der Waals surface area contributed by atoms with Gasteiger partial charge in [0, 0.05) is 29.5 Å². The summed E-state index contributed by atoms with van der Waals surface area (Å²) in [7, 11) is 0. The second-order valence-electron chi connectivity index (χ2n) is 5.98. The Morgan fingerprint density at radius 3 is 2.95 bits per heavy atom. The standard InChI is InChI=1S/C16H24N2O2S/c1-3-6-15(17-12-16(2)9-5-10-21-16)13-7-4-8-14(11-13)18(19)20/h4,7-8,11,15,17H,3,5-6,9-10,12H2,1-2H3. The molecule has 2 rings (SSSR count). The van der Waals surface area contributed by atoms with Gasteiger partial charge in [-0.1, -0.05) is 25.5 Å². The Bertz CT molecular complexity index is 487. The first kappa shape index (κ1) is 16.3. The van der Waals surface area contributed by atoms with Crippen LogP contribution in [0.5, 0.6) is 0 Å². The Morgan fingerprint density at radius 2 is 2.33 bits per heavy atom. The molecule has 0 amide bonds. The van der Waals surface area contributed by atoms with E-state index in [1.165, 1.54) is 18.6 Å². The van der Waals surface area contributed by atoms with Crippen LogP contribution in [0.4, 0.5) is 5.69 Å². The summed E-state index contributed by atoms with van der Waals surface area (Å²) >= 11 is 2.04. The van der Waals surface area contributed by atoms with Gasteiger partial charge >= 0.3 is 0 Å². The Hall–Kier alpha value is -1.07. The minimum atomic E-state index is -0.319. The van der Waals surface area contributed by atoms with E-state index in [9.17, 15) is 10.1 Å². The summed E-state index contributed by atoms with van der Waals surface area (Å²) in [6, 6.07) is 7.24. The molecule has 5 heteroatoms. The number of non-ortho nitro benzene ring substituents is 1. The summed E-state index contributed by atoms with van der Waals surface area (Å²) in [5.41, 5.74) is 1.20. The van der Waals surface area contributed by atoms with Crippen molar-refractivity contribution < 1.29 is 4.92 Å². The van der Waals surface area contributed by atoms with E-state index >= 15 is 0 Å². The highest BCUT2D eigenvalue weighted by molar-refractivity contribution is 8.00. The summed E-state index contributed by atoms with van der Waals surface area (Å²) in [6.07, 6.45) is 4.60. The van der Waals surface area contributed by atoms with E-state index in [1.54, 1.807) is 18.2 Å². The van der Waals surface area contributed by atoms with Crippen LogP contribution in [0.2, 0.25) is 0 Å². The van der Waals surface area contributed by atoms with Crippen LogP contribution >= 0.6 is 11.8 Å². The molecule has 1 saturated heterocycles. The summed E-state index contributed by atoms with van der Waals surface area (Å²) in [6.45, 7) is 5.43. The van der Waals surface area contributed by atoms with E-state index in [-0.39, 0.29) is 16.7 Å². The predicted molar refractivity (Wildman–Crippen MR) is 88.8 cm³/mol. The number of rotatable bonds is 7. The number of hydrogen-bond donors (Lipinski definition) is 1. The van der Waals surface area contributed by atoms with Gasteiger partial charge in [0.1, 0.15) is 0 Å². The molecule has 1 aromatic rings. The van der Waals surface area contributed by atoms with Gasteiger partial charge < -0.3 is 5.32 Å². The lowest BCUT2D eigenvalue weighted by Gasteiger charge is -2.27. The van der Waals surface area contributed by atoms with Gasteiger partial charge in [0.2, 0.25) is 0 Å². The molecule has 0 spiro atoms. The van der Waals surface area contributed by atoms with E-state index in [0.717, 1.165) is 24.9 Å². The summed E-state index contributed by atoms with van der Waals surface area (Å²) in [5, 5.41) is 14.6. The van der Waals surface area contributed by atoms with Crippen LogP contribution in [0.15, 0.2) is 24.3 Å². The molecule has 1 aromatic carbocycles. The normalized spacial score (nSPS) is 23.1. The van der Waals surface area contributed by atoms with Gasteiger partial charge in [-0.25, -0.2) is 0 Å². The monoisotopic (exact) mass is 308 g/mol. The third-order valence-corrected chi connectivity index (χ3v) is 5.62. The Balaban J connectivity index is 2.07. The van der Waals surface area contributed by atoms with Gasteiger partial charge in [0.05, 0.1) is 4.92 Å². The maximum absolute atomic E-state index is 10.9. The van der Waals surface area contributed by atoms with Crippen molar-refractivity contribution in [2.45, 2.75) is 50.3 Å². The van der Waals surface area contributed by atoms with Gasteiger partial charge in [-0.05, 0) is 37.5 Å². The number of nitrogens with zero attached hydrogens (tertiary/aromatic N) is 1. The van der Waals surface area contributed by atoms with Crippen LogP contribution in [0.1, 0.15) is 51.1 Å². The molecule has 0 aromatic heterocycles. The molecular weight excluding hydrogens is 284 g/mol. The van der Waals surface area contributed by atoms with Crippen molar-refractivity contribution in [3.63, 3.8) is 0 Å². The van der Waals surface area contributed by atoms with E-state index in [0.29, 0.717) is 4.75 Å². The minimum absolute atomic E-state index is 0.178. The molecule has 0 aliphatic carbocycles. The third kappa shape index (κ3) is 4.45. The Morgan fingerprint density at radius 1 is 1.52 bits per heavy atom. The summed E-state index contributed by atoms with van der Waals surface area (Å²) in [4.78, 5) is 10.6. The predicted octanol–water partition coefficient (Wildman–Crippen LogP) is 4.31. The molecule has 1 heterocycles. The van der Waals surface area contributed by atoms with Gasteiger partial charge in [0.15, 0.2) is 0 Å². The second-order valence-corrected chi connectivity index (χ2v) is 7.66. The highest BCUT2D eigenvalue weighted by Gasteiger charge is 2.30. The van der Waals surface area contributed by atoms with Crippen molar-refractivity contribution in [2.24, 2.45) is 0 Å². The van der Waals surface area contributed by atoms with Gasteiger partial charge in [-0.15, -0.1) is 0 Å². The van der Waals surface area contributed by atoms with Crippen molar-refractivity contribution in [1.82, 2.24) is 5.32 Å². The minimum Gasteiger partial charge on any atom is -0.309 e. The first-order valence-corrected chi connectivity index (χ1v) is 8.64. The van der Waals surface area contributed by atoms with Crippen molar-refractivity contribution in [1.29, 1.82) is 0 Å². The quantitative estimate of drug-likeness (QED) is 0.602. The van der Waals surface area contributed by atoms with Gasteiger partial charge in [-0.2, -0.15) is 11.8 Å². The average Bonchev–Trinajstić information content (AvgIpc) is 2.91. The topological polar surface area (TPSA) is 55.2 Å². The number of thioether (sulfide) groups is 1. The van der Waals surface area contributed by atoms with E-state index in [1.807, 2.05) is 17.8 Å². The summed E-state index contributed by atoms with van der Waals surface area (Å²) < 4.78 is 0.312. The number of benzene rings is 1. The average molecular weight is 308 g/mol. The van der Waals surface area contributed by atoms with E-state index in [2.05, 4.69) is 19.2 Å². The molecule has 1 aliphatic heterocycles. The fraction of sp³-hybridized carbons (Fsp3) is 0.625. The lowest BCUT2D eigenvalue weighted by molar-refractivity contribution is -0.384. The first-order chi connectivity index (χ1) is 10.0. The number of nitrogens with one attached hydrogen (secondary N) is 1. The highest BCUT2D eigenvalue weighted by Crippen LogP contribution is 2.37. The zero-order chi connectivity index (χ0) is 15.3. The molecular formula is C16H24N2O2S. The zero-order valence-corrected chi connectivity index (χ0v) is 13.6. The largest absolute Gasteiger partial charge is 0.309 e. The van der Waals surface area contributed by atoms with Crippen molar-refractivity contribution >= 4 is 17.4 Å². The Kier molecular flexibility index (Phi) is 5.65. The molecule has 1 fully saturated rings. The maximum atomic E-state index is 10.9. The first-order valence-electron chi connectivity index (χ1n) is 7.66. The molecule has 4 nitrogen and oxygen atoms in total. The fourth-order valence-corrected chi connectivity index (χ4v) is 4.10. The van der Waals surface area contributed by atoms with Crippen LogP contribution in [-0.4, -0.2) is 22.0 Å². The molecule has 21 heavy (non-hydrogen) atoms. The molecule has 0 bridgehead atoms. The Labute approximate surface area is 130 Å². The van der Waals surface area contributed by atoms with Crippen molar-refractivity contribution in [3.8, 4) is 0 Å². The van der Waals surface area contributed by atoms with Gasteiger partial charge in [-0.3, -0.25) is 10.1 Å². The second kappa shape index (κ2) is 7.27. The zero-order valence-electron chi connectivity index (χ0n) is 12.8. The highest BCUT2D eigenvalue weighted by atomic mass is 32.2. The van der Waals surface area contributed by atoms with E-state index in [4.69, 9.17) is 0 Å². The van der Waals surface area contributed by atoms with Crippen LogP contribution in [0.25, 0.3) is 0 Å². The smallest absolute Gasteiger partial charge is 0.269 e. The lowest BCUT2D eigenvalue weighted by Crippen LogP contribution is -2.35. The molecule has 2 atom stereocenters. The summed E-state index contributed by atoms with van der Waals surface area (Å²) in [5.74, 6) is 1.24. The number of nitro benzene ring substituents is 1. The molecule has 2 unspecified atom stereocenters. The SMILES string of the molecule is CCCC(NCC1(C)CCCS1)c1cccc([N+](=O)[O-])c1. The van der Waals surface area contributed by atoms with Crippen molar-refractivity contribution in [2.75, 3.05) is 12.3 Å². The molecule has 116 valence electrons. The number of hydrogen-bond acceptors (Lipinski definition) is 4. The van der Waals surface area contributed by atoms with Crippen LogP contribution in [-0.2, 0) is 0 Å². The van der Waals surface area contributed by atoms with Crippen LogP contribution < -0.4 is 5.32 Å². The van der Waals surface area contributed by atoms with Gasteiger partial charge in [0.25, 0.3) is 5.69 Å². The lowest BCUT2D eigenvalue weighted by atomic mass is 9.99. The van der Waals surface area contributed by atoms with Crippen molar-refractivity contribution in [3.05, 3.63) is 39.9 Å². The fourth-order valence-electron chi connectivity index (χ4n) is 2.85. The molecule has 0 saturated carbocycles. The molecule has 1 N–H and O–H groups in total. The van der Waals surface area contributed by atoms with E-state index < -0.39 is 0 Å². The third-order valence-electron chi connectivity index (χ3n) is 4.08. The molecule has 1 aliphatic rings. The van der Waals surface area contributed by atoms with Crippen LogP contribution in [0.3, 0.4) is 0 Å². The number of nitro groups is 1. The molecule has 0 radical (unpaired) electrons.